The summed E-state index contributed by atoms with van der Waals surface area (Å²) in [5.74, 6) is -3.14. The van der Waals surface area contributed by atoms with E-state index in [-0.39, 0.29) is 46.4 Å². The molecule has 1 fully saturated rings. The minimum Gasteiger partial charge on any atom is -0.507 e. The van der Waals surface area contributed by atoms with Crippen LogP contribution in [0.15, 0.2) is 18.2 Å². The lowest BCUT2D eigenvalue weighted by Gasteiger charge is -2.41. The molecule has 5 atom stereocenters. The number of hydrogen-bond acceptors (Lipinski definition) is 10. The van der Waals surface area contributed by atoms with Crippen molar-refractivity contribution < 1.29 is 49.0 Å². The average molecular weight is 527 g/mol. The third-order valence-electron chi connectivity index (χ3n) is 8.08. The molecule has 0 amide bonds. The number of hydrogen-bond donors (Lipinski definition) is 4. The van der Waals surface area contributed by atoms with E-state index in [9.17, 15) is 34.8 Å². The molecule has 38 heavy (non-hydrogen) atoms. The Balaban J connectivity index is 1.69. The number of aliphatic hydroxyl groups is 2. The van der Waals surface area contributed by atoms with Crippen molar-refractivity contribution in [3.05, 3.63) is 51.6 Å². The first-order chi connectivity index (χ1) is 18.0. The van der Waals surface area contributed by atoms with Crippen molar-refractivity contribution in [2.45, 2.75) is 63.6 Å². The largest absolute Gasteiger partial charge is 0.507 e. The lowest BCUT2D eigenvalue weighted by molar-refractivity contribution is -0.233. The van der Waals surface area contributed by atoms with Crippen LogP contribution in [0.3, 0.4) is 0 Å². The predicted octanol–water partition coefficient (Wildman–Crippen LogP) is 2.34. The maximum Gasteiger partial charge on any atom is 0.202 e. The number of fused-ring (bicyclic) bond motifs is 3. The summed E-state index contributed by atoms with van der Waals surface area (Å²) in [4.78, 5) is 39.7. The molecule has 10 heteroatoms. The Labute approximate surface area is 218 Å². The van der Waals surface area contributed by atoms with E-state index in [0.717, 1.165) is 6.42 Å². The summed E-state index contributed by atoms with van der Waals surface area (Å²) in [7, 11) is 1.35. The molecule has 0 spiro atoms. The SMILES string of the molecule is COc1cccc2c1C(=O)c1c(O)c3c(c(O)c1C2=O)CC(O)(C(=O)CO)CC3OC1CCC(C)C(C)O1. The van der Waals surface area contributed by atoms with E-state index >= 15 is 0 Å². The Morgan fingerprint density at radius 1 is 1.08 bits per heavy atom. The van der Waals surface area contributed by atoms with Crippen LogP contribution in [0.2, 0.25) is 0 Å². The van der Waals surface area contributed by atoms with Gasteiger partial charge in [0.15, 0.2) is 17.9 Å². The summed E-state index contributed by atoms with van der Waals surface area (Å²) in [5, 5.41) is 43.6. The van der Waals surface area contributed by atoms with Gasteiger partial charge in [-0.25, -0.2) is 0 Å². The molecule has 0 bridgehead atoms. The number of methoxy groups -OCH3 is 1. The van der Waals surface area contributed by atoms with Gasteiger partial charge < -0.3 is 34.6 Å². The quantitative estimate of drug-likeness (QED) is 0.363. The maximum atomic E-state index is 13.6. The molecule has 5 unspecified atom stereocenters. The Morgan fingerprint density at radius 3 is 2.45 bits per heavy atom. The van der Waals surface area contributed by atoms with Crippen molar-refractivity contribution in [2.24, 2.45) is 5.92 Å². The number of aromatic hydroxyl groups is 2. The number of rotatable bonds is 5. The number of Topliss-reactive ketones (excluding diaryl/α,β-unsaturated/α-hetero) is 1. The molecule has 4 N–H and O–H groups in total. The van der Waals surface area contributed by atoms with Crippen LogP contribution in [0.1, 0.15) is 82.2 Å². The number of benzene rings is 2. The highest BCUT2D eigenvalue weighted by atomic mass is 16.7. The molecule has 5 rings (SSSR count). The van der Waals surface area contributed by atoms with Gasteiger partial charge in [0.25, 0.3) is 0 Å². The first-order valence-electron chi connectivity index (χ1n) is 12.6. The molecule has 2 aromatic carbocycles. The number of aliphatic hydroxyl groups excluding tert-OH is 1. The van der Waals surface area contributed by atoms with Crippen LogP contribution < -0.4 is 4.74 Å². The zero-order valence-electron chi connectivity index (χ0n) is 21.3. The molecule has 0 saturated carbocycles. The fourth-order valence-electron chi connectivity index (χ4n) is 5.75. The van der Waals surface area contributed by atoms with Gasteiger partial charge in [-0.1, -0.05) is 19.1 Å². The highest BCUT2D eigenvalue weighted by molar-refractivity contribution is 6.31. The van der Waals surface area contributed by atoms with Crippen LogP contribution in [0.25, 0.3) is 0 Å². The maximum absolute atomic E-state index is 13.6. The summed E-state index contributed by atoms with van der Waals surface area (Å²) < 4.78 is 17.4. The van der Waals surface area contributed by atoms with Gasteiger partial charge in [0.05, 0.1) is 36.0 Å². The number of carbonyl (C=O) groups is 3. The zero-order chi connectivity index (χ0) is 27.5. The van der Waals surface area contributed by atoms with Gasteiger partial charge in [-0.05, 0) is 31.7 Å². The molecule has 202 valence electrons. The molecule has 1 aliphatic heterocycles. The van der Waals surface area contributed by atoms with Crippen molar-refractivity contribution >= 4 is 17.3 Å². The van der Waals surface area contributed by atoms with Crippen LogP contribution in [0, 0.1) is 5.92 Å². The predicted molar refractivity (Wildman–Crippen MR) is 132 cm³/mol. The van der Waals surface area contributed by atoms with Crippen molar-refractivity contribution in [3.8, 4) is 17.2 Å². The van der Waals surface area contributed by atoms with Crippen molar-refractivity contribution in [2.75, 3.05) is 13.7 Å². The number of phenols is 2. The van der Waals surface area contributed by atoms with Crippen LogP contribution in [0.4, 0.5) is 0 Å². The molecule has 0 aromatic heterocycles. The van der Waals surface area contributed by atoms with Gasteiger partial charge >= 0.3 is 0 Å². The minimum atomic E-state index is -2.15. The number of carbonyl (C=O) groups excluding carboxylic acids is 3. The Hall–Kier alpha value is -3.31. The molecular formula is C28H30O10. The highest BCUT2D eigenvalue weighted by Gasteiger charge is 2.49. The Kier molecular flexibility index (Phi) is 6.55. The second kappa shape index (κ2) is 9.46. The summed E-state index contributed by atoms with van der Waals surface area (Å²) >= 11 is 0. The smallest absolute Gasteiger partial charge is 0.202 e. The second-order valence-corrected chi connectivity index (χ2v) is 10.3. The van der Waals surface area contributed by atoms with Crippen molar-refractivity contribution in [1.29, 1.82) is 0 Å². The van der Waals surface area contributed by atoms with Crippen LogP contribution in [0.5, 0.6) is 17.2 Å². The van der Waals surface area contributed by atoms with Gasteiger partial charge in [-0.15, -0.1) is 0 Å². The number of ketones is 3. The lowest BCUT2D eigenvalue weighted by atomic mass is 9.72. The van der Waals surface area contributed by atoms with E-state index in [2.05, 4.69) is 0 Å². The summed E-state index contributed by atoms with van der Waals surface area (Å²) in [5.41, 5.74) is -3.15. The molecule has 10 nitrogen and oxygen atoms in total. The van der Waals surface area contributed by atoms with Gasteiger partial charge in [0, 0.05) is 29.5 Å². The fraction of sp³-hybridized carbons (Fsp3) is 0.464. The van der Waals surface area contributed by atoms with E-state index in [4.69, 9.17) is 14.2 Å². The standard InChI is InChI=1S/C28H30O10/c1-12-7-8-19(37-13(12)2)38-17-10-28(35,18(30)11-29)9-15-21(17)27(34)23-22(25(15)32)24(31)14-5-4-6-16(36-3)20(14)26(23)33/h4-6,12-13,17,19,29,32,34-35H,7-11H2,1-3H3. The molecular weight excluding hydrogens is 496 g/mol. The average Bonchev–Trinajstić information content (AvgIpc) is 2.90. The fourth-order valence-corrected chi connectivity index (χ4v) is 5.75. The van der Waals surface area contributed by atoms with Crippen molar-refractivity contribution in [1.82, 2.24) is 0 Å². The molecule has 2 aromatic rings. The van der Waals surface area contributed by atoms with Crippen molar-refractivity contribution in [3.63, 3.8) is 0 Å². The first kappa shape index (κ1) is 26.3. The van der Waals surface area contributed by atoms with Crippen LogP contribution in [-0.4, -0.2) is 69.5 Å². The van der Waals surface area contributed by atoms with E-state index in [0.29, 0.717) is 6.42 Å². The normalized spacial score (nSPS) is 28.3. The van der Waals surface area contributed by atoms with Gasteiger partial charge in [0.1, 0.15) is 29.5 Å². The van der Waals surface area contributed by atoms with E-state index in [1.54, 1.807) is 0 Å². The molecule has 3 aliphatic rings. The third kappa shape index (κ3) is 3.90. The van der Waals surface area contributed by atoms with Gasteiger partial charge in [0.2, 0.25) is 5.78 Å². The lowest BCUT2D eigenvalue weighted by Crippen LogP contribution is -2.48. The second-order valence-electron chi connectivity index (χ2n) is 10.3. The Bertz CT molecular complexity index is 1350. The number of ether oxygens (including phenoxy) is 3. The van der Waals surface area contributed by atoms with E-state index in [1.807, 2.05) is 13.8 Å². The summed E-state index contributed by atoms with van der Waals surface area (Å²) in [6.07, 6.45) is -1.65. The van der Waals surface area contributed by atoms with Gasteiger partial charge in [-0.2, -0.15) is 0 Å². The monoisotopic (exact) mass is 526 g/mol. The number of phenolic OH excluding ortho intramolecular Hbond substituents is 2. The van der Waals surface area contributed by atoms with Crippen LogP contribution >= 0.6 is 0 Å². The summed E-state index contributed by atoms with van der Waals surface area (Å²) in [6, 6.07) is 4.45. The topological polar surface area (TPSA) is 160 Å². The summed E-state index contributed by atoms with van der Waals surface area (Å²) in [6.45, 7) is 2.98. The Morgan fingerprint density at radius 2 is 1.79 bits per heavy atom. The highest BCUT2D eigenvalue weighted by Crippen LogP contribution is 2.52. The minimum absolute atomic E-state index is 0.00830. The van der Waals surface area contributed by atoms with Gasteiger partial charge in [-0.3, -0.25) is 14.4 Å². The molecule has 1 saturated heterocycles. The first-order valence-corrected chi connectivity index (χ1v) is 12.6. The molecule has 2 aliphatic carbocycles. The van der Waals surface area contributed by atoms with Crippen LogP contribution in [-0.2, 0) is 20.7 Å². The molecule has 1 heterocycles. The van der Waals surface area contributed by atoms with E-state index < -0.39 is 71.0 Å². The zero-order valence-corrected chi connectivity index (χ0v) is 21.3. The van der Waals surface area contributed by atoms with E-state index in [1.165, 1.54) is 25.3 Å². The third-order valence-corrected chi connectivity index (χ3v) is 8.08. The molecule has 0 radical (unpaired) electrons.